The molecule has 0 aliphatic heterocycles. The number of fused-ring (bicyclic) bond motifs is 1. The second-order valence-electron chi connectivity index (χ2n) is 5.13. The zero-order chi connectivity index (χ0) is 14.8. The second-order valence-corrected chi connectivity index (χ2v) is 6.20. The number of thiazole rings is 1. The first-order chi connectivity index (χ1) is 10.1. The van der Waals surface area contributed by atoms with E-state index >= 15 is 0 Å². The lowest BCUT2D eigenvalue weighted by Gasteiger charge is -2.18. The fourth-order valence-corrected chi connectivity index (χ4v) is 3.21. The number of aliphatic hydroxyl groups excluding tert-OH is 1. The van der Waals surface area contributed by atoms with Crippen molar-refractivity contribution in [1.82, 2.24) is 15.6 Å². The molecule has 3 N–H and O–H groups in total. The Labute approximate surface area is 127 Å². The topological polar surface area (TPSA) is 74.2 Å². The lowest BCUT2D eigenvalue weighted by molar-refractivity contribution is 0.142. The van der Waals surface area contributed by atoms with Crippen LogP contribution in [0.5, 0.6) is 0 Å². The van der Waals surface area contributed by atoms with E-state index in [0.29, 0.717) is 13.0 Å². The van der Waals surface area contributed by atoms with Gasteiger partial charge in [0.1, 0.15) is 0 Å². The van der Waals surface area contributed by atoms with Gasteiger partial charge in [-0.05, 0) is 18.1 Å². The number of aryl methyl sites for hydroxylation is 1. The van der Waals surface area contributed by atoms with Crippen LogP contribution in [0.25, 0.3) is 0 Å². The van der Waals surface area contributed by atoms with Crippen LogP contribution in [0.15, 0.2) is 29.6 Å². The van der Waals surface area contributed by atoms with E-state index in [9.17, 15) is 9.90 Å². The van der Waals surface area contributed by atoms with Crippen molar-refractivity contribution in [2.24, 2.45) is 0 Å². The van der Waals surface area contributed by atoms with Gasteiger partial charge in [0, 0.05) is 11.8 Å². The Morgan fingerprint density at radius 3 is 3.05 bits per heavy atom. The van der Waals surface area contributed by atoms with Crippen molar-refractivity contribution in [3.05, 3.63) is 51.5 Å². The Morgan fingerprint density at radius 1 is 1.48 bits per heavy atom. The van der Waals surface area contributed by atoms with E-state index in [1.165, 1.54) is 0 Å². The van der Waals surface area contributed by atoms with E-state index < -0.39 is 6.10 Å². The molecule has 1 aliphatic rings. The Morgan fingerprint density at radius 2 is 2.29 bits per heavy atom. The standard InChI is InChI=1S/C15H17N3O2S/c1-9-17-11(8-21-9)7-16-15(20)18-14-12-5-3-2-4-10(12)6-13(14)19/h2-5,8,13-14,19H,6-7H2,1H3,(H2,16,18,20)/t13-,14+/m0/s1. The number of carbonyl (C=O) groups excluding carboxylic acids is 1. The van der Waals surface area contributed by atoms with Crippen LogP contribution in [0.2, 0.25) is 0 Å². The quantitative estimate of drug-likeness (QED) is 0.811. The fraction of sp³-hybridized carbons (Fsp3) is 0.333. The molecule has 0 saturated carbocycles. The van der Waals surface area contributed by atoms with Gasteiger partial charge in [0.05, 0.1) is 29.4 Å². The molecule has 1 aromatic heterocycles. The van der Waals surface area contributed by atoms with Crippen molar-refractivity contribution >= 4 is 17.4 Å². The Hall–Kier alpha value is -1.92. The molecule has 110 valence electrons. The zero-order valence-electron chi connectivity index (χ0n) is 11.7. The third kappa shape index (κ3) is 3.06. The molecule has 1 aromatic carbocycles. The predicted octanol–water partition coefficient (Wildman–Crippen LogP) is 1.91. The molecule has 5 nitrogen and oxygen atoms in total. The molecule has 2 atom stereocenters. The molecule has 0 saturated heterocycles. The third-order valence-electron chi connectivity index (χ3n) is 3.59. The van der Waals surface area contributed by atoms with E-state index in [-0.39, 0.29) is 12.1 Å². The van der Waals surface area contributed by atoms with Crippen LogP contribution >= 0.6 is 11.3 Å². The highest BCUT2D eigenvalue weighted by atomic mass is 32.1. The monoisotopic (exact) mass is 303 g/mol. The lowest BCUT2D eigenvalue weighted by Crippen LogP contribution is -2.40. The third-order valence-corrected chi connectivity index (χ3v) is 4.41. The normalized spacial score (nSPS) is 20.1. The summed E-state index contributed by atoms with van der Waals surface area (Å²) in [6.45, 7) is 2.32. The van der Waals surface area contributed by atoms with E-state index in [2.05, 4.69) is 15.6 Å². The number of urea groups is 1. The number of aromatic nitrogens is 1. The van der Waals surface area contributed by atoms with Crippen molar-refractivity contribution < 1.29 is 9.90 Å². The predicted molar refractivity (Wildman–Crippen MR) is 81.1 cm³/mol. The summed E-state index contributed by atoms with van der Waals surface area (Å²) in [5.41, 5.74) is 2.93. The largest absolute Gasteiger partial charge is 0.390 e. The van der Waals surface area contributed by atoms with E-state index in [1.807, 2.05) is 36.6 Å². The summed E-state index contributed by atoms with van der Waals surface area (Å²) in [6.07, 6.45) is 0.00141. The average molecular weight is 303 g/mol. The molecular weight excluding hydrogens is 286 g/mol. The van der Waals surface area contributed by atoms with E-state index in [0.717, 1.165) is 21.8 Å². The summed E-state index contributed by atoms with van der Waals surface area (Å²) >= 11 is 1.56. The molecule has 0 bridgehead atoms. The van der Waals surface area contributed by atoms with Crippen molar-refractivity contribution in [2.45, 2.75) is 32.0 Å². The maximum Gasteiger partial charge on any atom is 0.315 e. The maximum atomic E-state index is 12.0. The number of rotatable bonds is 3. The smallest absolute Gasteiger partial charge is 0.315 e. The van der Waals surface area contributed by atoms with Crippen LogP contribution in [-0.4, -0.2) is 22.2 Å². The minimum atomic E-state index is -0.574. The van der Waals surface area contributed by atoms with Crippen LogP contribution < -0.4 is 10.6 Å². The minimum Gasteiger partial charge on any atom is -0.390 e. The number of hydrogen-bond acceptors (Lipinski definition) is 4. The first kappa shape index (κ1) is 14.0. The molecule has 21 heavy (non-hydrogen) atoms. The van der Waals surface area contributed by atoms with Gasteiger partial charge >= 0.3 is 6.03 Å². The Balaban J connectivity index is 1.60. The van der Waals surface area contributed by atoms with Gasteiger partial charge in [-0.1, -0.05) is 24.3 Å². The zero-order valence-corrected chi connectivity index (χ0v) is 12.5. The molecule has 2 amide bonds. The highest BCUT2D eigenvalue weighted by Gasteiger charge is 2.31. The number of nitrogens with one attached hydrogen (secondary N) is 2. The SMILES string of the molecule is Cc1nc(CNC(=O)N[C@@H]2c3ccccc3C[C@@H]2O)cs1. The van der Waals surface area contributed by atoms with Crippen molar-refractivity contribution in [3.63, 3.8) is 0 Å². The number of carbonyl (C=O) groups is 1. The van der Waals surface area contributed by atoms with Gasteiger partial charge in [-0.3, -0.25) is 0 Å². The van der Waals surface area contributed by atoms with Crippen molar-refractivity contribution in [2.75, 3.05) is 0 Å². The molecule has 1 heterocycles. The highest BCUT2D eigenvalue weighted by Crippen LogP contribution is 2.30. The summed E-state index contributed by atoms with van der Waals surface area (Å²) in [7, 11) is 0. The first-order valence-electron chi connectivity index (χ1n) is 6.84. The number of benzene rings is 1. The summed E-state index contributed by atoms with van der Waals surface area (Å²) in [5.74, 6) is 0. The maximum absolute atomic E-state index is 12.0. The summed E-state index contributed by atoms with van der Waals surface area (Å²) in [5, 5.41) is 18.6. The lowest BCUT2D eigenvalue weighted by atomic mass is 10.1. The fourth-order valence-electron chi connectivity index (χ4n) is 2.60. The number of amides is 2. The molecule has 0 fully saturated rings. The molecule has 0 radical (unpaired) electrons. The van der Waals surface area contributed by atoms with Crippen LogP contribution in [0.1, 0.15) is 27.9 Å². The highest BCUT2D eigenvalue weighted by molar-refractivity contribution is 7.09. The molecule has 6 heteroatoms. The minimum absolute atomic E-state index is 0.290. The van der Waals surface area contributed by atoms with Crippen LogP contribution in [0, 0.1) is 6.92 Å². The molecule has 0 unspecified atom stereocenters. The van der Waals surface area contributed by atoms with E-state index in [4.69, 9.17) is 0 Å². The van der Waals surface area contributed by atoms with Gasteiger partial charge in [-0.25, -0.2) is 9.78 Å². The molecule has 1 aliphatic carbocycles. The number of nitrogens with zero attached hydrogens (tertiary/aromatic N) is 1. The van der Waals surface area contributed by atoms with Crippen molar-refractivity contribution in [1.29, 1.82) is 0 Å². The van der Waals surface area contributed by atoms with Gasteiger partial charge in [0.25, 0.3) is 0 Å². The van der Waals surface area contributed by atoms with E-state index in [1.54, 1.807) is 11.3 Å². The van der Waals surface area contributed by atoms with Crippen molar-refractivity contribution in [3.8, 4) is 0 Å². The Kier molecular flexibility index (Phi) is 3.90. The summed E-state index contributed by atoms with van der Waals surface area (Å²) < 4.78 is 0. The number of hydrogen-bond donors (Lipinski definition) is 3. The molecule has 0 spiro atoms. The average Bonchev–Trinajstić information content (AvgIpc) is 3.01. The second kappa shape index (κ2) is 5.83. The van der Waals surface area contributed by atoms with Gasteiger partial charge in [-0.2, -0.15) is 0 Å². The summed E-state index contributed by atoms with van der Waals surface area (Å²) in [6, 6.07) is 7.15. The Bertz CT molecular complexity index is 656. The van der Waals surface area contributed by atoms with Gasteiger partial charge in [0.15, 0.2) is 0 Å². The molecular formula is C15H17N3O2S. The van der Waals surface area contributed by atoms with Gasteiger partial charge in [-0.15, -0.1) is 11.3 Å². The van der Waals surface area contributed by atoms with Crippen LogP contribution in [0.4, 0.5) is 4.79 Å². The number of aliphatic hydroxyl groups is 1. The van der Waals surface area contributed by atoms with Crippen LogP contribution in [0.3, 0.4) is 0 Å². The molecule has 3 rings (SSSR count). The van der Waals surface area contributed by atoms with Crippen LogP contribution in [-0.2, 0) is 13.0 Å². The first-order valence-corrected chi connectivity index (χ1v) is 7.72. The molecule has 2 aromatic rings. The summed E-state index contributed by atoms with van der Waals surface area (Å²) in [4.78, 5) is 16.3. The van der Waals surface area contributed by atoms with Gasteiger partial charge in [0.2, 0.25) is 0 Å². The van der Waals surface area contributed by atoms with Gasteiger partial charge < -0.3 is 15.7 Å².